The number of hydrogen-bond acceptors (Lipinski definition) is 4. The Balaban J connectivity index is 1.93. The van der Waals surface area contributed by atoms with E-state index in [0.29, 0.717) is 6.61 Å². The van der Waals surface area contributed by atoms with Gasteiger partial charge in [0.2, 0.25) is 0 Å². The molecule has 17 heavy (non-hydrogen) atoms. The minimum atomic E-state index is -0.211. The molecule has 1 saturated heterocycles. The highest BCUT2D eigenvalue weighted by Crippen LogP contribution is 2.21. The van der Waals surface area contributed by atoms with Gasteiger partial charge in [0.1, 0.15) is 6.23 Å². The van der Waals surface area contributed by atoms with Crippen LogP contribution in [0.1, 0.15) is 38.0 Å². The van der Waals surface area contributed by atoms with Gasteiger partial charge in [-0.15, -0.1) is 0 Å². The van der Waals surface area contributed by atoms with E-state index in [-0.39, 0.29) is 18.6 Å². The molecule has 0 bridgehead atoms. The minimum absolute atomic E-state index is 0.0275. The van der Waals surface area contributed by atoms with Gasteiger partial charge in [0.15, 0.2) is 0 Å². The molecule has 1 fully saturated rings. The molecule has 0 radical (unpaired) electrons. The van der Waals surface area contributed by atoms with E-state index in [1.165, 1.54) is 0 Å². The second-order valence-corrected chi connectivity index (χ2v) is 4.13. The Morgan fingerprint density at radius 1 is 1.65 bits per heavy atom. The fourth-order valence-electron chi connectivity index (χ4n) is 1.94. The molecule has 5 nitrogen and oxygen atoms in total. The highest BCUT2D eigenvalue weighted by Gasteiger charge is 2.17. The van der Waals surface area contributed by atoms with Crippen LogP contribution in [0.25, 0.3) is 0 Å². The Bertz CT molecular complexity index is 370. The maximum absolute atomic E-state index is 11.3. The SMILES string of the molecule is CCOC(=O)Cc1cnn([C@@H]2CCCCO2)c1. The molecule has 1 aliphatic rings. The molecule has 94 valence electrons. The molecule has 0 spiro atoms. The summed E-state index contributed by atoms with van der Waals surface area (Å²) >= 11 is 0. The van der Waals surface area contributed by atoms with Gasteiger partial charge in [-0.3, -0.25) is 4.79 Å². The van der Waals surface area contributed by atoms with Crippen LogP contribution in [0.3, 0.4) is 0 Å². The second kappa shape index (κ2) is 5.82. The largest absolute Gasteiger partial charge is 0.466 e. The number of ether oxygens (including phenoxy) is 2. The third-order valence-corrected chi connectivity index (χ3v) is 2.76. The average molecular weight is 238 g/mol. The molecule has 5 heteroatoms. The Kier molecular flexibility index (Phi) is 4.14. The van der Waals surface area contributed by atoms with Crippen molar-refractivity contribution in [3.8, 4) is 0 Å². The highest BCUT2D eigenvalue weighted by molar-refractivity contribution is 5.72. The monoisotopic (exact) mass is 238 g/mol. The lowest BCUT2D eigenvalue weighted by molar-refractivity contribution is -0.142. The van der Waals surface area contributed by atoms with Crippen molar-refractivity contribution in [2.45, 2.75) is 38.8 Å². The number of aromatic nitrogens is 2. The van der Waals surface area contributed by atoms with Crippen LogP contribution < -0.4 is 0 Å². The van der Waals surface area contributed by atoms with Crippen molar-refractivity contribution < 1.29 is 14.3 Å². The molecule has 1 atom stereocenters. The number of carbonyl (C=O) groups is 1. The maximum Gasteiger partial charge on any atom is 0.310 e. The molecular formula is C12H18N2O3. The van der Waals surface area contributed by atoms with Crippen LogP contribution in [0, 0.1) is 0 Å². The zero-order chi connectivity index (χ0) is 12.1. The third-order valence-electron chi connectivity index (χ3n) is 2.76. The zero-order valence-electron chi connectivity index (χ0n) is 10.1. The molecule has 1 aromatic heterocycles. The smallest absolute Gasteiger partial charge is 0.310 e. The number of rotatable bonds is 4. The van der Waals surface area contributed by atoms with Crippen LogP contribution in [0.4, 0.5) is 0 Å². The summed E-state index contributed by atoms with van der Waals surface area (Å²) < 4.78 is 12.3. The van der Waals surface area contributed by atoms with E-state index in [9.17, 15) is 4.79 Å². The molecule has 2 rings (SSSR count). The third kappa shape index (κ3) is 3.30. The first-order valence-electron chi connectivity index (χ1n) is 6.10. The molecule has 2 heterocycles. The molecule has 0 unspecified atom stereocenters. The van der Waals surface area contributed by atoms with Crippen LogP contribution in [0.15, 0.2) is 12.4 Å². The van der Waals surface area contributed by atoms with E-state index in [4.69, 9.17) is 9.47 Å². The van der Waals surface area contributed by atoms with Crippen molar-refractivity contribution in [1.29, 1.82) is 0 Å². The second-order valence-electron chi connectivity index (χ2n) is 4.13. The standard InChI is InChI=1S/C12H18N2O3/c1-2-16-12(15)7-10-8-13-14(9-10)11-5-3-4-6-17-11/h8-9,11H,2-7H2,1H3/t11-/m0/s1. The number of nitrogens with zero attached hydrogens (tertiary/aromatic N) is 2. The molecule has 1 aromatic rings. The molecular weight excluding hydrogens is 220 g/mol. The van der Waals surface area contributed by atoms with Gasteiger partial charge in [0, 0.05) is 18.4 Å². The molecule has 0 N–H and O–H groups in total. The summed E-state index contributed by atoms with van der Waals surface area (Å²) in [7, 11) is 0. The number of esters is 1. The van der Waals surface area contributed by atoms with Crippen LogP contribution in [0.2, 0.25) is 0 Å². The molecule has 1 aliphatic heterocycles. The normalized spacial score (nSPS) is 20.2. The lowest BCUT2D eigenvalue weighted by Crippen LogP contribution is -2.18. The van der Waals surface area contributed by atoms with E-state index in [1.54, 1.807) is 17.8 Å². The van der Waals surface area contributed by atoms with E-state index >= 15 is 0 Å². The van der Waals surface area contributed by atoms with Crippen molar-refractivity contribution in [2.75, 3.05) is 13.2 Å². The van der Waals surface area contributed by atoms with Gasteiger partial charge >= 0.3 is 5.97 Å². The Morgan fingerprint density at radius 2 is 2.53 bits per heavy atom. The van der Waals surface area contributed by atoms with Gasteiger partial charge in [-0.1, -0.05) is 0 Å². The van der Waals surface area contributed by atoms with E-state index in [0.717, 1.165) is 31.4 Å². The van der Waals surface area contributed by atoms with Gasteiger partial charge in [-0.2, -0.15) is 5.10 Å². The molecule has 0 saturated carbocycles. The van der Waals surface area contributed by atoms with Crippen molar-refractivity contribution in [3.63, 3.8) is 0 Å². The Morgan fingerprint density at radius 3 is 3.24 bits per heavy atom. The zero-order valence-corrected chi connectivity index (χ0v) is 10.1. The van der Waals surface area contributed by atoms with Crippen LogP contribution in [-0.2, 0) is 20.7 Å². The summed E-state index contributed by atoms with van der Waals surface area (Å²) in [5, 5.41) is 4.24. The molecule has 0 aromatic carbocycles. The van der Waals surface area contributed by atoms with Crippen molar-refractivity contribution in [2.24, 2.45) is 0 Å². The van der Waals surface area contributed by atoms with Crippen LogP contribution in [0.5, 0.6) is 0 Å². The summed E-state index contributed by atoms with van der Waals surface area (Å²) in [4.78, 5) is 11.3. The van der Waals surface area contributed by atoms with Crippen molar-refractivity contribution >= 4 is 5.97 Å². The predicted octanol–water partition coefficient (Wildman–Crippen LogP) is 1.69. The lowest BCUT2D eigenvalue weighted by Gasteiger charge is -2.22. The van der Waals surface area contributed by atoms with E-state index < -0.39 is 0 Å². The topological polar surface area (TPSA) is 53.3 Å². The van der Waals surface area contributed by atoms with Gasteiger partial charge < -0.3 is 9.47 Å². The van der Waals surface area contributed by atoms with E-state index in [2.05, 4.69) is 5.10 Å². The molecule has 0 aliphatic carbocycles. The lowest BCUT2D eigenvalue weighted by atomic mass is 10.2. The fraction of sp³-hybridized carbons (Fsp3) is 0.667. The summed E-state index contributed by atoms with van der Waals surface area (Å²) in [6.45, 7) is 3.01. The van der Waals surface area contributed by atoms with Crippen molar-refractivity contribution in [1.82, 2.24) is 9.78 Å². The quantitative estimate of drug-likeness (QED) is 0.749. The first-order chi connectivity index (χ1) is 8.29. The Hall–Kier alpha value is -1.36. The first-order valence-corrected chi connectivity index (χ1v) is 6.10. The average Bonchev–Trinajstić information content (AvgIpc) is 2.79. The van der Waals surface area contributed by atoms with Gasteiger partial charge in [0.25, 0.3) is 0 Å². The van der Waals surface area contributed by atoms with Crippen molar-refractivity contribution in [3.05, 3.63) is 18.0 Å². The van der Waals surface area contributed by atoms with Crippen LogP contribution in [-0.4, -0.2) is 29.0 Å². The number of hydrogen-bond donors (Lipinski definition) is 0. The predicted molar refractivity (Wildman–Crippen MR) is 61.4 cm³/mol. The minimum Gasteiger partial charge on any atom is -0.466 e. The summed E-state index contributed by atoms with van der Waals surface area (Å²) in [6.07, 6.45) is 7.15. The van der Waals surface area contributed by atoms with Crippen LogP contribution >= 0.6 is 0 Å². The summed E-state index contributed by atoms with van der Waals surface area (Å²) in [6, 6.07) is 0. The highest BCUT2D eigenvalue weighted by atomic mass is 16.5. The maximum atomic E-state index is 11.3. The molecule has 0 amide bonds. The van der Waals surface area contributed by atoms with Gasteiger partial charge in [-0.25, -0.2) is 4.68 Å². The van der Waals surface area contributed by atoms with E-state index in [1.807, 2.05) is 6.20 Å². The summed E-state index contributed by atoms with van der Waals surface area (Å²) in [5.74, 6) is -0.211. The summed E-state index contributed by atoms with van der Waals surface area (Å²) in [5.41, 5.74) is 0.873. The van der Waals surface area contributed by atoms with Gasteiger partial charge in [-0.05, 0) is 26.2 Å². The number of carbonyl (C=O) groups excluding carboxylic acids is 1. The first kappa shape index (κ1) is 12.1. The Labute approximate surface area is 101 Å². The van der Waals surface area contributed by atoms with Gasteiger partial charge in [0.05, 0.1) is 19.2 Å². The fourth-order valence-corrected chi connectivity index (χ4v) is 1.94.